The summed E-state index contributed by atoms with van der Waals surface area (Å²) in [6.07, 6.45) is 0. The maximum Gasteiger partial charge on any atom is 0.127 e. The lowest BCUT2D eigenvalue weighted by Crippen LogP contribution is -2.02. The first-order valence-electron chi connectivity index (χ1n) is 5.98. The number of rotatable bonds is 3. The number of hydrogen-bond donors (Lipinski definition) is 0. The van der Waals surface area contributed by atoms with E-state index in [0.29, 0.717) is 22.1 Å². The van der Waals surface area contributed by atoms with Crippen LogP contribution in [0.3, 0.4) is 0 Å². The van der Waals surface area contributed by atoms with Gasteiger partial charge in [0.1, 0.15) is 17.1 Å². The van der Waals surface area contributed by atoms with Crippen molar-refractivity contribution in [3.05, 3.63) is 52.3 Å². The molecule has 0 saturated carbocycles. The standard InChI is InChI=1S/C14H11BrFN3O/c1-20-11-4-2-9(3-5-11)8-19-13-7-10(16)6-12(15)14(13)17-18-19/h2-7H,8H2,1H3. The fourth-order valence-electron chi connectivity index (χ4n) is 2.02. The molecule has 0 radical (unpaired) electrons. The van der Waals surface area contributed by atoms with Crippen molar-refractivity contribution in [2.45, 2.75) is 6.54 Å². The SMILES string of the molecule is COc1ccc(Cn2nnc3c(Br)cc(F)cc32)cc1. The lowest BCUT2D eigenvalue weighted by Gasteiger charge is -2.04. The summed E-state index contributed by atoms with van der Waals surface area (Å²) < 4.78 is 20.9. The molecule has 0 aliphatic rings. The molecule has 0 aliphatic carbocycles. The number of aromatic nitrogens is 3. The monoisotopic (exact) mass is 335 g/mol. The summed E-state index contributed by atoms with van der Waals surface area (Å²) in [5.41, 5.74) is 2.35. The minimum Gasteiger partial charge on any atom is -0.497 e. The Bertz CT molecular complexity index is 755. The van der Waals surface area contributed by atoms with E-state index in [1.54, 1.807) is 11.8 Å². The first kappa shape index (κ1) is 13.1. The van der Waals surface area contributed by atoms with Gasteiger partial charge in [-0.1, -0.05) is 17.3 Å². The second-order valence-corrected chi connectivity index (χ2v) is 5.20. The molecule has 0 fully saturated rings. The Kier molecular flexibility index (Phi) is 3.40. The van der Waals surface area contributed by atoms with Crippen LogP contribution in [-0.2, 0) is 6.54 Å². The van der Waals surface area contributed by atoms with Gasteiger partial charge in [0.25, 0.3) is 0 Å². The molecule has 6 heteroatoms. The summed E-state index contributed by atoms with van der Waals surface area (Å²) in [7, 11) is 1.63. The molecule has 0 atom stereocenters. The third-order valence-electron chi connectivity index (χ3n) is 3.03. The Hall–Kier alpha value is -1.95. The van der Waals surface area contributed by atoms with Crippen molar-refractivity contribution in [1.29, 1.82) is 0 Å². The highest BCUT2D eigenvalue weighted by molar-refractivity contribution is 9.10. The van der Waals surface area contributed by atoms with Crippen LogP contribution in [0.25, 0.3) is 11.0 Å². The van der Waals surface area contributed by atoms with Crippen molar-refractivity contribution in [1.82, 2.24) is 15.0 Å². The molecular formula is C14H11BrFN3O. The third kappa shape index (κ3) is 2.38. The zero-order valence-electron chi connectivity index (χ0n) is 10.7. The topological polar surface area (TPSA) is 39.9 Å². The van der Waals surface area contributed by atoms with E-state index in [1.807, 2.05) is 24.3 Å². The third-order valence-corrected chi connectivity index (χ3v) is 3.63. The van der Waals surface area contributed by atoms with E-state index in [2.05, 4.69) is 26.2 Å². The van der Waals surface area contributed by atoms with E-state index in [9.17, 15) is 4.39 Å². The summed E-state index contributed by atoms with van der Waals surface area (Å²) in [6.45, 7) is 0.524. The Labute approximate surface area is 123 Å². The van der Waals surface area contributed by atoms with Crippen molar-refractivity contribution in [2.75, 3.05) is 7.11 Å². The molecular weight excluding hydrogens is 325 g/mol. The van der Waals surface area contributed by atoms with Crippen molar-refractivity contribution < 1.29 is 9.13 Å². The van der Waals surface area contributed by atoms with Gasteiger partial charge in [0.15, 0.2) is 0 Å². The predicted molar refractivity (Wildman–Crippen MR) is 77.3 cm³/mol. The molecule has 0 unspecified atom stereocenters. The van der Waals surface area contributed by atoms with E-state index < -0.39 is 0 Å². The number of benzene rings is 2. The Morgan fingerprint density at radius 1 is 1.25 bits per heavy atom. The molecule has 1 heterocycles. The molecule has 0 bridgehead atoms. The van der Waals surface area contributed by atoms with Crippen molar-refractivity contribution >= 4 is 27.0 Å². The average molecular weight is 336 g/mol. The molecule has 102 valence electrons. The number of halogens is 2. The van der Waals surface area contributed by atoms with Crippen LogP contribution in [0.4, 0.5) is 4.39 Å². The molecule has 0 spiro atoms. The molecule has 3 aromatic rings. The maximum absolute atomic E-state index is 13.5. The van der Waals surface area contributed by atoms with Crippen LogP contribution >= 0.6 is 15.9 Å². The number of fused-ring (bicyclic) bond motifs is 1. The van der Waals surface area contributed by atoms with Crippen LogP contribution in [0.5, 0.6) is 5.75 Å². The minimum atomic E-state index is -0.317. The maximum atomic E-state index is 13.5. The lowest BCUT2D eigenvalue weighted by atomic mass is 10.2. The first-order chi connectivity index (χ1) is 9.67. The van der Waals surface area contributed by atoms with Gasteiger partial charge in [-0.2, -0.15) is 0 Å². The Morgan fingerprint density at radius 2 is 2.00 bits per heavy atom. The van der Waals surface area contributed by atoms with Crippen LogP contribution in [-0.4, -0.2) is 22.1 Å². The predicted octanol–water partition coefficient (Wildman–Crippen LogP) is 3.39. The second-order valence-electron chi connectivity index (χ2n) is 4.35. The van der Waals surface area contributed by atoms with Crippen molar-refractivity contribution in [2.24, 2.45) is 0 Å². The highest BCUT2D eigenvalue weighted by atomic mass is 79.9. The molecule has 0 amide bonds. The van der Waals surface area contributed by atoms with Gasteiger partial charge in [0, 0.05) is 6.07 Å². The van der Waals surface area contributed by atoms with Crippen LogP contribution in [0.2, 0.25) is 0 Å². The molecule has 3 rings (SSSR count). The smallest absolute Gasteiger partial charge is 0.127 e. The fourth-order valence-corrected chi connectivity index (χ4v) is 2.52. The molecule has 1 aromatic heterocycles. The summed E-state index contributed by atoms with van der Waals surface area (Å²) in [5.74, 6) is 0.480. The Balaban J connectivity index is 1.97. The summed E-state index contributed by atoms with van der Waals surface area (Å²) in [6, 6.07) is 10.5. The summed E-state index contributed by atoms with van der Waals surface area (Å²) in [5, 5.41) is 8.14. The van der Waals surface area contributed by atoms with Crippen molar-refractivity contribution in [3.8, 4) is 5.75 Å². The molecule has 20 heavy (non-hydrogen) atoms. The van der Waals surface area contributed by atoms with Crippen LogP contribution in [0, 0.1) is 5.82 Å². The quantitative estimate of drug-likeness (QED) is 0.736. The molecule has 0 saturated heterocycles. The molecule has 2 aromatic carbocycles. The number of nitrogens with zero attached hydrogens (tertiary/aromatic N) is 3. The van der Waals surface area contributed by atoms with E-state index in [-0.39, 0.29) is 5.82 Å². The Morgan fingerprint density at radius 3 is 2.70 bits per heavy atom. The minimum absolute atomic E-state index is 0.317. The van der Waals surface area contributed by atoms with E-state index in [4.69, 9.17) is 4.74 Å². The van der Waals surface area contributed by atoms with Gasteiger partial charge in [-0.05, 0) is 39.7 Å². The van der Waals surface area contributed by atoms with E-state index in [0.717, 1.165) is 11.3 Å². The second kappa shape index (κ2) is 5.20. The van der Waals surface area contributed by atoms with Gasteiger partial charge in [-0.15, -0.1) is 5.10 Å². The fraction of sp³-hybridized carbons (Fsp3) is 0.143. The zero-order valence-corrected chi connectivity index (χ0v) is 12.3. The van der Waals surface area contributed by atoms with Crippen molar-refractivity contribution in [3.63, 3.8) is 0 Å². The van der Waals surface area contributed by atoms with Gasteiger partial charge < -0.3 is 4.74 Å². The van der Waals surface area contributed by atoms with Gasteiger partial charge in [0.05, 0.1) is 23.6 Å². The normalized spacial score (nSPS) is 10.9. The van der Waals surface area contributed by atoms with Crippen LogP contribution in [0.1, 0.15) is 5.56 Å². The zero-order chi connectivity index (χ0) is 14.1. The van der Waals surface area contributed by atoms with E-state index >= 15 is 0 Å². The van der Waals surface area contributed by atoms with Gasteiger partial charge >= 0.3 is 0 Å². The highest BCUT2D eigenvalue weighted by Crippen LogP contribution is 2.24. The van der Waals surface area contributed by atoms with Crippen LogP contribution in [0.15, 0.2) is 40.9 Å². The highest BCUT2D eigenvalue weighted by Gasteiger charge is 2.10. The van der Waals surface area contributed by atoms with E-state index in [1.165, 1.54) is 12.1 Å². The first-order valence-corrected chi connectivity index (χ1v) is 6.78. The molecule has 4 nitrogen and oxygen atoms in total. The molecule has 0 aliphatic heterocycles. The lowest BCUT2D eigenvalue weighted by molar-refractivity contribution is 0.414. The van der Waals surface area contributed by atoms with Gasteiger partial charge in [-0.3, -0.25) is 0 Å². The number of hydrogen-bond acceptors (Lipinski definition) is 3. The largest absolute Gasteiger partial charge is 0.497 e. The number of methoxy groups -OCH3 is 1. The van der Waals surface area contributed by atoms with Crippen LogP contribution < -0.4 is 4.74 Å². The average Bonchev–Trinajstić information content (AvgIpc) is 2.83. The van der Waals surface area contributed by atoms with Gasteiger partial charge in [-0.25, -0.2) is 9.07 Å². The summed E-state index contributed by atoms with van der Waals surface area (Å²) in [4.78, 5) is 0. The molecule has 0 N–H and O–H groups in total. The number of ether oxygens (including phenoxy) is 1. The summed E-state index contributed by atoms with van der Waals surface area (Å²) >= 11 is 3.29. The van der Waals surface area contributed by atoms with Gasteiger partial charge in [0.2, 0.25) is 0 Å².